The van der Waals surface area contributed by atoms with Crippen molar-refractivity contribution in [3.63, 3.8) is 0 Å². The molecule has 2 aromatic heterocycles. The van der Waals surface area contributed by atoms with E-state index in [1.165, 1.54) is 10.6 Å². The number of aromatic nitrogens is 3. The first kappa shape index (κ1) is 12.1. The minimum atomic E-state index is 0.495. The van der Waals surface area contributed by atoms with Gasteiger partial charge < -0.3 is 5.32 Å². The maximum atomic E-state index is 5.91. The Morgan fingerprint density at radius 3 is 3.28 bits per heavy atom. The molecule has 96 valence electrons. The molecule has 0 saturated carbocycles. The molecule has 0 radical (unpaired) electrons. The summed E-state index contributed by atoms with van der Waals surface area (Å²) < 4.78 is 1.89. The third-order valence-corrected chi connectivity index (χ3v) is 4.66. The molecule has 6 heteroatoms. The van der Waals surface area contributed by atoms with E-state index in [0.717, 1.165) is 36.5 Å². The predicted octanol–water partition coefficient (Wildman–Crippen LogP) is 2.18. The molecule has 0 fully saturated rings. The van der Waals surface area contributed by atoms with Crippen LogP contribution in [0.5, 0.6) is 0 Å². The van der Waals surface area contributed by atoms with Gasteiger partial charge in [-0.25, -0.2) is 0 Å². The molecule has 1 N–H and O–H groups in total. The van der Waals surface area contributed by atoms with E-state index in [-0.39, 0.29) is 0 Å². The Morgan fingerprint density at radius 1 is 1.61 bits per heavy atom. The normalized spacial score (nSPS) is 18.9. The molecule has 1 aliphatic carbocycles. The summed E-state index contributed by atoms with van der Waals surface area (Å²) in [5.74, 6) is 0. The fourth-order valence-electron chi connectivity index (χ4n) is 2.40. The van der Waals surface area contributed by atoms with Gasteiger partial charge >= 0.3 is 0 Å². The molecular formula is C12H15ClN4S. The fraction of sp³-hybridized carbons (Fsp3) is 0.500. The Balaban J connectivity index is 1.59. The molecule has 0 saturated heterocycles. The van der Waals surface area contributed by atoms with Crippen molar-refractivity contribution in [3.8, 4) is 0 Å². The minimum absolute atomic E-state index is 0.495. The highest BCUT2D eigenvalue weighted by Crippen LogP contribution is 2.21. The summed E-state index contributed by atoms with van der Waals surface area (Å²) in [6.07, 6.45) is 3.18. The van der Waals surface area contributed by atoms with Crippen LogP contribution < -0.4 is 5.32 Å². The van der Waals surface area contributed by atoms with Gasteiger partial charge in [-0.3, -0.25) is 4.68 Å². The smallest absolute Gasteiger partial charge is 0.0874 e. The SMILES string of the molecule is Cn1nnc2c1CCC(NCc1cc(Cl)cs1)C2. The van der Waals surface area contributed by atoms with Crippen LogP contribution in [0.2, 0.25) is 5.02 Å². The van der Waals surface area contributed by atoms with Crippen LogP contribution in [0.15, 0.2) is 11.4 Å². The van der Waals surface area contributed by atoms with E-state index in [1.54, 1.807) is 11.3 Å². The van der Waals surface area contributed by atoms with Crippen LogP contribution in [0, 0.1) is 0 Å². The van der Waals surface area contributed by atoms with Gasteiger partial charge in [-0.15, -0.1) is 16.4 Å². The van der Waals surface area contributed by atoms with Crippen molar-refractivity contribution in [2.45, 2.75) is 31.8 Å². The molecule has 3 rings (SSSR count). The van der Waals surface area contributed by atoms with Crippen molar-refractivity contribution in [2.75, 3.05) is 0 Å². The number of aryl methyl sites for hydroxylation is 1. The van der Waals surface area contributed by atoms with Gasteiger partial charge in [0.05, 0.1) is 16.4 Å². The van der Waals surface area contributed by atoms with Crippen LogP contribution in [0.3, 0.4) is 0 Å². The molecular weight excluding hydrogens is 268 g/mol. The molecule has 18 heavy (non-hydrogen) atoms. The number of hydrogen-bond donors (Lipinski definition) is 1. The van der Waals surface area contributed by atoms with Crippen LogP contribution in [-0.2, 0) is 26.4 Å². The summed E-state index contributed by atoms with van der Waals surface area (Å²) in [5, 5.41) is 14.7. The van der Waals surface area contributed by atoms with Gasteiger partial charge in [0.25, 0.3) is 0 Å². The first-order chi connectivity index (χ1) is 8.72. The second-order valence-electron chi connectivity index (χ2n) is 4.66. The van der Waals surface area contributed by atoms with Crippen molar-refractivity contribution in [2.24, 2.45) is 7.05 Å². The lowest BCUT2D eigenvalue weighted by Crippen LogP contribution is -2.34. The number of thiophene rings is 1. The van der Waals surface area contributed by atoms with E-state index in [9.17, 15) is 0 Å². The summed E-state index contributed by atoms with van der Waals surface area (Å²) in [7, 11) is 1.97. The van der Waals surface area contributed by atoms with Crippen LogP contribution in [-0.4, -0.2) is 21.0 Å². The molecule has 4 nitrogen and oxygen atoms in total. The highest BCUT2D eigenvalue weighted by atomic mass is 35.5. The Hall–Kier alpha value is -0.910. The zero-order chi connectivity index (χ0) is 12.5. The number of rotatable bonds is 3. The van der Waals surface area contributed by atoms with Gasteiger partial charge in [-0.05, 0) is 18.9 Å². The Kier molecular flexibility index (Phi) is 3.37. The number of fused-ring (bicyclic) bond motifs is 1. The molecule has 0 bridgehead atoms. The maximum Gasteiger partial charge on any atom is 0.0874 e. The minimum Gasteiger partial charge on any atom is -0.309 e. The highest BCUT2D eigenvalue weighted by Gasteiger charge is 2.22. The van der Waals surface area contributed by atoms with Gasteiger partial charge in [0.2, 0.25) is 0 Å². The number of nitrogens with one attached hydrogen (secondary N) is 1. The van der Waals surface area contributed by atoms with Crippen LogP contribution in [0.25, 0.3) is 0 Å². The van der Waals surface area contributed by atoms with Crippen molar-refractivity contribution in [1.29, 1.82) is 0 Å². The second kappa shape index (κ2) is 4.99. The van der Waals surface area contributed by atoms with E-state index in [1.807, 2.05) is 23.2 Å². The lowest BCUT2D eigenvalue weighted by atomic mass is 9.96. The van der Waals surface area contributed by atoms with Crippen LogP contribution >= 0.6 is 22.9 Å². The molecule has 1 unspecified atom stereocenters. The van der Waals surface area contributed by atoms with Crippen molar-refractivity contribution >= 4 is 22.9 Å². The van der Waals surface area contributed by atoms with E-state index in [2.05, 4.69) is 15.6 Å². The Bertz CT molecular complexity index is 548. The highest BCUT2D eigenvalue weighted by molar-refractivity contribution is 7.10. The lowest BCUT2D eigenvalue weighted by molar-refractivity contribution is 0.449. The van der Waals surface area contributed by atoms with Crippen LogP contribution in [0.1, 0.15) is 22.7 Å². The third kappa shape index (κ3) is 2.43. The number of nitrogens with zero attached hydrogens (tertiary/aromatic N) is 3. The monoisotopic (exact) mass is 282 g/mol. The van der Waals surface area contributed by atoms with Crippen molar-refractivity contribution < 1.29 is 0 Å². The Labute approximate surface area is 115 Å². The topological polar surface area (TPSA) is 42.7 Å². The van der Waals surface area contributed by atoms with Crippen molar-refractivity contribution in [1.82, 2.24) is 20.3 Å². The van der Waals surface area contributed by atoms with Gasteiger partial charge in [-0.2, -0.15) is 0 Å². The fourth-order valence-corrected chi connectivity index (χ4v) is 3.42. The predicted molar refractivity (Wildman–Crippen MR) is 73.0 cm³/mol. The maximum absolute atomic E-state index is 5.91. The molecule has 2 heterocycles. The summed E-state index contributed by atoms with van der Waals surface area (Å²) in [4.78, 5) is 1.28. The zero-order valence-electron chi connectivity index (χ0n) is 10.2. The first-order valence-corrected chi connectivity index (χ1v) is 7.32. The quantitative estimate of drug-likeness (QED) is 0.938. The largest absolute Gasteiger partial charge is 0.309 e. The average molecular weight is 283 g/mol. The number of hydrogen-bond acceptors (Lipinski definition) is 4. The van der Waals surface area contributed by atoms with Gasteiger partial charge in [0.1, 0.15) is 0 Å². The van der Waals surface area contributed by atoms with E-state index in [0.29, 0.717) is 6.04 Å². The molecule has 0 aromatic carbocycles. The summed E-state index contributed by atoms with van der Waals surface area (Å²) in [6.45, 7) is 0.887. The van der Waals surface area contributed by atoms with E-state index in [4.69, 9.17) is 11.6 Å². The van der Waals surface area contributed by atoms with E-state index >= 15 is 0 Å². The standard InChI is InChI=1S/C12H15ClN4S/c1-17-12-3-2-9(5-11(12)15-16-17)14-6-10-4-8(13)7-18-10/h4,7,9,14H,2-3,5-6H2,1H3. The molecule has 0 aliphatic heterocycles. The zero-order valence-corrected chi connectivity index (χ0v) is 11.8. The molecule has 0 amide bonds. The van der Waals surface area contributed by atoms with E-state index < -0.39 is 0 Å². The lowest BCUT2D eigenvalue weighted by Gasteiger charge is -2.22. The molecule has 2 aromatic rings. The average Bonchev–Trinajstić information content (AvgIpc) is 2.94. The van der Waals surface area contributed by atoms with Crippen molar-refractivity contribution in [3.05, 3.63) is 32.7 Å². The first-order valence-electron chi connectivity index (χ1n) is 6.06. The van der Waals surface area contributed by atoms with Gasteiger partial charge in [0, 0.05) is 36.3 Å². The number of halogens is 1. The Morgan fingerprint density at radius 2 is 2.50 bits per heavy atom. The molecule has 1 aliphatic rings. The third-order valence-electron chi connectivity index (χ3n) is 3.38. The summed E-state index contributed by atoms with van der Waals surface area (Å²) >= 11 is 7.61. The molecule has 1 atom stereocenters. The van der Waals surface area contributed by atoms with Gasteiger partial charge in [0.15, 0.2) is 0 Å². The summed E-state index contributed by atoms with van der Waals surface area (Å²) in [5.41, 5.74) is 2.43. The van der Waals surface area contributed by atoms with Gasteiger partial charge in [-0.1, -0.05) is 16.8 Å². The second-order valence-corrected chi connectivity index (χ2v) is 6.09. The summed E-state index contributed by atoms with van der Waals surface area (Å²) in [6, 6.07) is 2.52. The van der Waals surface area contributed by atoms with Crippen LogP contribution in [0.4, 0.5) is 0 Å². The molecule has 0 spiro atoms.